The molecule has 152 valence electrons. The average molecular weight is 381 g/mol. The lowest BCUT2D eigenvalue weighted by Gasteiger charge is -2.38. The van der Waals surface area contributed by atoms with E-state index in [-0.39, 0.29) is 17.7 Å². The molecule has 1 aliphatic rings. The van der Waals surface area contributed by atoms with E-state index in [0.717, 1.165) is 38.7 Å². The third-order valence-electron chi connectivity index (χ3n) is 4.86. The highest BCUT2D eigenvalue weighted by Gasteiger charge is 2.23. The van der Waals surface area contributed by atoms with Crippen molar-refractivity contribution in [3.8, 4) is 5.75 Å². The van der Waals surface area contributed by atoms with Gasteiger partial charge in [0.25, 0.3) is 0 Å². The van der Waals surface area contributed by atoms with Crippen molar-refractivity contribution in [2.45, 2.75) is 45.4 Å². The largest absolute Gasteiger partial charge is 0.486 e. The Labute approximate surface area is 162 Å². The Balaban J connectivity index is 1.79. The highest BCUT2D eigenvalue weighted by Crippen LogP contribution is 2.17. The zero-order valence-electron chi connectivity index (χ0n) is 16.9. The van der Waals surface area contributed by atoms with E-state index in [1.807, 2.05) is 6.92 Å². The Bertz CT molecular complexity index is 599. The lowest BCUT2D eigenvalue weighted by atomic mass is 10.2. The van der Waals surface area contributed by atoms with Gasteiger partial charge in [-0.15, -0.1) is 0 Å². The maximum absolute atomic E-state index is 13.8. The number of rotatable bonds is 8. The first-order chi connectivity index (χ1) is 13.0. The minimum absolute atomic E-state index is 0.142. The van der Waals surface area contributed by atoms with Gasteiger partial charge in [-0.25, -0.2) is 4.39 Å². The van der Waals surface area contributed by atoms with Gasteiger partial charge < -0.3 is 20.1 Å². The van der Waals surface area contributed by atoms with Crippen LogP contribution in [0.1, 0.15) is 27.2 Å². The molecule has 2 rings (SSSR count). The lowest BCUT2D eigenvalue weighted by Crippen LogP contribution is -2.53. The third-order valence-corrected chi connectivity index (χ3v) is 4.86. The van der Waals surface area contributed by atoms with Crippen molar-refractivity contribution in [1.82, 2.24) is 15.5 Å². The van der Waals surface area contributed by atoms with Gasteiger partial charge in [-0.05, 0) is 32.4 Å². The Morgan fingerprint density at radius 1 is 1.37 bits per heavy atom. The minimum atomic E-state index is -0.341. The summed E-state index contributed by atoms with van der Waals surface area (Å²) in [6, 6.07) is 7.28. The Morgan fingerprint density at radius 3 is 2.78 bits per heavy atom. The SMILES string of the molecule is CCC(CNC(=NC)NCC(C)N1CCOCC1C)Oc1ccccc1F. The number of nitrogens with zero attached hydrogens (tertiary/aromatic N) is 2. The summed E-state index contributed by atoms with van der Waals surface area (Å²) in [6.07, 6.45) is 0.622. The summed E-state index contributed by atoms with van der Waals surface area (Å²) in [4.78, 5) is 6.72. The van der Waals surface area contributed by atoms with Crippen LogP contribution in [0, 0.1) is 5.82 Å². The Morgan fingerprint density at radius 2 is 2.11 bits per heavy atom. The molecule has 0 aromatic heterocycles. The predicted octanol–water partition coefficient (Wildman–Crippen LogP) is 2.26. The quantitative estimate of drug-likeness (QED) is 0.535. The monoisotopic (exact) mass is 380 g/mol. The summed E-state index contributed by atoms with van der Waals surface area (Å²) in [5, 5.41) is 6.65. The molecule has 1 fully saturated rings. The molecule has 1 aliphatic heterocycles. The number of hydrogen-bond donors (Lipinski definition) is 2. The van der Waals surface area contributed by atoms with Crippen molar-refractivity contribution in [3.63, 3.8) is 0 Å². The van der Waals surface area contributed by atoms with Gasteiger partial charge in [0.15, 0.2) is 17.5 Å². The van der Waals surface area contributed by atoms with Gasteiger partial charge in [-0.1, -0.05) is 19.1 Å². The lowest BCUT2D eigenvalue weighted by molar-refractivity contribution is -0.0174. The van der Waals surface area contributed by atoms with E-state index in [1.165, 1.54) is 6.07 Å². The first-order valence-electron chi connectivity index (χ1n) is 9.74. The van der Waals surface area contributed by atoms with E-state index >= 15 is 0 Å². The first kappa shape index (κ1) is 21.4. The molecule has 7 heteroatoms. The van der Waals surface area contributed by atoms with Gasteiger partial charge in [0.2, 0.25) is 0 Å². The van der Waals surface area contributed by atoms with Crippen molar-refractivity contribution in [1.29, 1.82) is 0 Å². The normalized spacial score (nSPS) is 20.8. The summed E-state index contributed by atoms with van der Waals surface area (Å²) in [7, 11) is 1.75. The fraction of sp³-hybridized carbons (Fsp3) is 0.650. The van der Waals surface area contributed by atoms with Crippen molar-refractivity contribution in [3.05, 3.63) is 30.1 Å². The van der Waals surface area contributed by atoms with Crippen LogP contribution in [0.3, 0.4) is 0 Å². The molecule has 0 amide bonds. The van der Waals surface area contributed by atoms with Gasteiger partial charge in [-0.3, -0.25) is 9.89 Å². The third kappa shape index (κ3) is 6.66. The van der Waals surface area contributed by atoms with Crippen LogP contribution >= 0.6 is 0 Å². The average Bonchev–Trinajstić information content (AvgIpc) is 2.68. The van der Waals surface area contributed by atoms with Crippen molar-refractivity contribution in [2.75, 3.05) is 39.9 Å². The molecule has 0 bridgehead atoms. The number of halogens is 1. The molecule has 2 N–H and O–H groups in total. The van der Waals surface area contributed by atoms with Crippen molar-refractivity contribution < 1.29 is 13.9 Å². The zero-order valence-corrected chi connectivity index (χ0v) is 16.9. The first-order valence-corrected chi connectivity index (χ1v) is 9.74. The Hall–Kier alpha value is -1.86. The van der Waals surface area contributed by atoms with E-state index < -0.39 is 0 Å². The summed E-state index contributed by atoms with van der Waals surface area (Å²) in [5.41, 5.74) is 0. The van der Waals surface area contributed by atoms with Crippen LogP contribution in [0.5, 0.6) is 5.75 Å². The second kappa shape index (κ2) is 11.1. The number of aliphatic imine (C=N–C) groups is 1. The molecule has 0 aliphatic carbocycles. The zero-order chi connectivity index (χ0) is 19.6. The second-order valence-electron chi connectivity index (χ2n) is 6.92. The molecule has 3 unspecified atom stereocenters. The highest BCUT2D eigenvalue weighted by molar-refractivity contribution is 5.79. The number of morpholine rings is 1. The maximum atomic E-state index is 13.8. The van der Waals surface area contributed by atoms with E-state index in [0.29, 0.717) is 18.6 Å². The molecule has 3 atom stereocenters. The molecule has 6 nitrogen and oxygen atoms in total. The fourth-order valence-corrected chi connectivity index (χ4v) is 3.18. The second-order valence-corrected chi connectivity index (χ2v) is 6.92. The molecular weight excluding hydrogens is 347 g/mol. The number of para-hydroxylation sites is 1. The standard InChI is InChI=1S/C20H33FN4O2/c1-5-17(27-19-9-7-6-8-18(19)21)13-24-20(22-4)23-12-15(2)25-10-11-26-14-16(25)3/h6-9,15-17H,5,10-14H2,1-4H3,(H2,22,23,24). The molecular formula is C20H33FN4O2. The van der Waals surface area contributed by atoms with Crippen LogP contribution < -0.4 is 15.4 Å². The van der Waals surface area contributed by atoms with Crippen LogP contribution in [0.2, 0.25) is 0 Å². The number of guanidine groups is 1. The highest BCUT2D eigenvalue weighted by atomic mass is 19.1. The van der Waals surface area contributed by atoms with Gasteiger partial charge >= 0.3 is 0 Å². The Kier molecular flexibility index (Phi) is 8.81. The summed E-state index contributed by atoms with van der Waals surface area (Å²) in [5.74, 6) is 0.661. The van der Waals surface area contributed by atoms with Crippen molar-refractivity contribution >= 4 is 5.96 Å². The molecule has 27 heavy (non-hydrogen) atoms. The van der Waals surface area contributed by atoms with Crippen LogP contribution in [0.4, 0.5) is 4.39 Å². The fourth-order valence-electron chi connectivity index (χ4n) is 3.18. The van der Waals surface area contributed by atoms with E-state index in [1.54, 1.807) is 25.2 Å². The van der Waals surface area contributed by atoms with Gasteiger partial charge in [0.05, 0.1) is 19.8 Å². The molecule has 1 aromatic rings. The van der Waals surface area contributed by atoms with E-state index in [9.17, 15) is 4.39 Å². The van der Waals surface area contributed by atoms with Crippen molar-refractivity contribution in [2.24, 2.45) is 4.99 Å². The van der Waals surface area contributed by atoms with E-state index in [4.69, 9.17) is 9.47 Å². The predicted molar refractivity (Wildman–Crippen MR) is 107 cm³/mol. The van der Waals surface area contributed by atoms with E-state index in [2.05, 4.69) is 34.4 Å². The van der Waals surface area contributed by atoms with Crippen LogP contribution in [0.15, 0.2) is 29.3 Å². The number of ether oxygens (including phenoxy) is 2. The molecule has 1 heterocycles. The summed E-state index contributed by atoms with van der Waals surface area (Å²) >= 11 is 0. The number of hydrogen-bond acceptors (Lipinski definition) is 4. The summed E-state index contributed by atoms with van der Waals surface area (Å²) in [6.45, 7) is 10.3. The topological polar surface area (TPSA) is 58.1 Å². The van der Waals surface area contributed by atoms with Crippen LogP contribution in [-0.2, 0) is 4.74 Å². The molecule has 0 spiro atoms. The molecule has 1 aromatic carbocycles. The van der Waals surface area contributed by atoms with Crippen LogP contribution in [0.25, 0.3) is 0 Å². The molecule has 0 radical (unpaired) electrons. The van der Waals surface area contributed by atoms with Crippen LogP contribution in [-0.4, -0.2) is 68.9 Å². The minimum Gasteiger partial charge on any atom is -0.486 e. The van der Waals surface area contributed by atoms with Gasteiger partial charge in [0, 0.05) is 32.2 Å². The smallest absolute Gasteiger partial charge is 0.191 e. The number of nitrogens with one attached hydrogen (secondary N) is 2. The number of benzene rings is 1. The van der Waals surface area contributed by atoms with Gasteiger partial charge in [0.1, 0.15) is 6.10 Å². The summed E-state index contributed by atoms with van der Waals surface area (Å²) < 4.78 is 25.1. The van der Waals surface area contributed by atoms with Gasteiger partial charge in [-0.2, -0.15) is 0 Å². The molecule has 1 saturated heterocycles. The maximum Gasteiger partial charge on any atom is 0.191 e. The molecule has 0 saturated carbocycles.